The highest BCUT2D eigenvalue weighted by Crippen LogP contribution is 2.30. The van der Waals surface area contributed by atoms with Gasteiger partial charge in [-0.3, -0.25) is 4.74 Å². The van der Waals surface area contributed by atoms with Crippen LogP contribution in [0.5, 0.6) is 0 Å². The van der Waals surface area contributed by atoms with Crippen molar-refractivity contribution < 1.29 is 19.7 Å². The van der Waals surface area contributed by atoms with Gasteiger partial charge in [0.15, 0.2) is 12.7 Å². The lowest BCUT2D eigenvalue weighted by atomic mass is 10.0. The van der Waals surface area contributed by atoms with E-state index >= 15 is 0 Å². The molecule has 2 bridgehead atoms. The van der Waals surface area contributed by atoms with Gasteiger partial charge in [0.05, 0.1) is 0 Å². The van der Waals surface area contributed by atoms with E-state index < -0.39 is 12.2 Å². The van der Waals surface area contributed by atoms with Crippen LogP contribution >= 0.6 is 22.6 Å². The number of aliphatic hydroxyl groups is 4. The Balaban J connectivity index is 2.16. The number of halogens is 1. The molecule has 2 heterocycles. The lowest BCUT2D eigenvalue weighted by Gasteiger charge is -2.28. The Kier molecular flexibility index (Phi) is 2.09. The average molecular weight is 273 g/mol. The molecule has 2 fully saturated rings. The summed E-state index contributed by atoms with van der Waals surface area (Å²) in [5, 5.41) is 18.8. The van der Waals surface area contributed by atoms with Gasteiger partial charge in [0.25, 0.3) is 6.29 Å². The van der Waals surface area contributed by atoms with Gasteiger partial charge in [-0.05, 0) is 0 Å². The lowest BCUT2D eigenvalue weighted by molar-refractivity contribution is -0.197. The Morgan fingerprint density at radius 1 is 1.36 bits per heavy atom. The largest absolute Gasteiger partial charge is 0.407 e. The van der Waals surface area contributed by atoms with Crippen LogP contribution in [-0.2, 0) is 4.74 Å². The fourth-order valence-corrected chi connectivity index (χ4v) is 2.24. The number of ether oxygens (including phenoxy) is 2. The van der Waals surface area contributed by atoms with Crippen LogP contribution in [0.4, 0.5) is 0 Å². The van der Waals surface area contributed by atoms with E-state index in [9.17, 15) is 10.2 Å². The van der Waals surface area contributed by atoms with Gasteiger partial charge < -0.3 is 14.9 Å². The van der Waals surface area contributed by atoms with Crippen LogP contribution in [0.25, 0.3) is 0 Å². The van der Waals surface area contributed by atoms with E-state index in [0.29, 0.717) is 6.61 Å². The number of aliphatic hydroxyl groups excluding tert-OH is 2. The fraction of sp³-hybridized carbons (Fsp3) is 1.00. The van der Waals surface area contributed by atoms with Gasteiger partial charge in [0.2, 0.25) is 0 Å². The molecule has 4 nitrogen and oxygen atoms in total. The minimum Gasteiger partial charge on any atom is -0.407 e. The van der Waals surface area contributed by atoms with Crippen molar-refractivity contribution in [2.75, 3.05) is 6.61 Å². The highest BCUT2D eigenvalue weighted by Gasteiger charge is 2.52. The summed E-state index contributed by atoms with van der Waals surface area (Å²) >= 11 is 2.06. The number of fused-ring (bicyclic) bond motifs is 2. The zero-order valence-electron chi connectivity index (χ0n) is 5.72. The Morgan fingerprint density at radius 2 is 2.09 bits per heavy atom. The number of hydrogen-bond acceptors (Lipinski definition) is 3. The molecule has 0 aliphatic carbocycles. The highest BCUT2D eigenvalue weighted by atomic mass is 127. The minimum absolute atomic E-state index is 0.110. The standard InChI is InChI=1S/C6H9IO4/c7-3-5(9)4(8)2-1-10-6(3)11-2/h2-6,8-9H,1H2/p+1/t2?,3?,4-,5?,6-/m1/s1. The second-order valence-corrected chi connectivity index (χ2v) is 4.29. The maximum absolute atomic E-state index is 9.43. The summed E-state index contributed by atoms with van der Waals surface area (Å²) in [6.45, 7) is 0.516. The monoisotopic (exact) mass is 273 g/mol. The molecule has 5 heteroatoms. The van der Waals surface area contributed by atoms with Crippen molar-refractivity contribution in [1.29, 1.82) is 0 Å². The van der Waals surface area contributed by atoms with E-state index in [1.54, 1.807) is 0 Å². The van der Waals surface area contributed by atoms with E-state index in [-0.39, 0.29) is 16.3 Å². The molecular formula is C6H10IO4+. The van der Waals surface area contributed by atoms with Gasteiger partial charge >= 0.3 is 0 Å². The molecule has 5 atom stereocenters. The number of rotatable bonds is 0. The normalized spacial score (nSPS) is 56.5. The Morgan fingerprint density at radius 3 is 2.82 bits per heavy atom. The number of alkyl halides is 1. The van der Waals surface area contributed by atoms with Gasteiger partial charge in [-0.25, -0.2) is 0 Å². The van der Waals surface area contributed by atoms with Crippen LogP contribution in [0.3, 0.4) is 0 Å². The summed E-state index contributed by atoms with van der Waals surface area (Å²) in [6.07, 6.45) is -1.94. The van der Waals surface area contributed by atoms with Crippen LogP contribution in [0.2, 0.25) is 0 Å². The molecule has 0 radical (unpaired) electrons. The molecule has 0 spiro atoms. The smallest absolute Gasteiger partial charge is 0.280 e. The average Bonchev–Trinajstić information content (AvgIpc) is 2.44. The Hall–Kier alpha value is 0.570. The van der Waals surface area contributed by atoms with Crippen LogP contribution < -0.4 is 0 Å². The quantitative estimate of drug-likeness (QED) is 0.330. The molecule has 0 aromatic carbocycles. The molecule has 0 saturated carbocycles. The summed E-state index contributed by atoms with van der Waals surface area (Å²) in [6, 6.07) is 0. The van der Waals surface area contributed by atoms with E-state index in [1.165, 1.54) is 0 Å². The molecule has 0 aromatic rings. The molecule has 2 rings (SSSR count). The summed E-state index contributed by atoms with van der Waals surface area (Å²) in [4.78, 5) is 0. The van der Waals surface area contributed by atoms with Crippen LogP contribution in [-0.4, -0.2) is 50.1 Å². The van der Waals surface area contributed by atoms with Gasteiger partial charge in [-0.2, -0.15) is 0 Å². The van der Waals surface area contributed by atoms with Crippen molar-refractivity contribution in [2.45, 2.75) is 28.5 Å². The molecular weight excluding hydrogens is 263 g/mol. The van der Waals surface area contributed by atoms with Gasteiger partial charge in [0, 0.05) is 0 Å². The van der Waals surface area contributed by atoms with Crippen molar-refractivity contribution in [3.8, 4) is 0 Å². The third-order valence-electron chi connectivity index (χ3n) is 2.11. The molecule has 0 aromatic heterocycles. The van der Waals surface area contributed by atoms with Gasteiger partial charge in [0.1, 0.15) is 16.1 Å². The first-order valence-corrected chi connectivity index (χ1v) is 4.77. The highest BCUT2D eigenvalue weighted by molar-refractivity contribution is 14.1. The van der Waals surface area contributed by atoms with Crippen molar-refractivity contribution in [3.05, 3.63) is 0 Å². The predicted molar refractivity (Wildman–Crippen MR) is 45.6 cm³/mol. The molecule has 2 aliphatic heterocycles. The summed E-state index contributed by atoms with van der Waals surface area (Å²) in [5.41, 5.74) is 0. The van der Waals surface area contributed by atoms with Gasteiger partial charge in [-0.15, -0.1) is 0 Å². The van der Waals surface area contributed by atoms with Crippen molar-refractivity contribution >= 4 is 22.6 Å². The SMILES string of the molecule is OC1C(I)[C@H]2OC(C[OH+]2)[C@H]1O. The maximum atomic E-state index is 9.43. The third-order valence-corrected chi connectivity index (χ3v) is 3.46. The minimum atomic E-state index is -0.764. The van der Waals surface area contributed by atoms with Gasteiger partial charge in [-0.1, -0.05) is 22.6 Å². The van der Waals surface area contributed by atoms with E-state index in [4.69, 9.17) is 4.74 Å². The number of hydrogen-bond donors (Lipinski definition) is 2. The Labute approximate surface area is 77.6 Å². The molecule has 3 unspecified atom stereocenters. The van der Waals surface area contributed by atoms with E-state index in [1.807, 2.05) is 0 Å². The summed E-state index contributed by atoms with van der Waals surface area (Å²) in [5.74, 6) is 0. The Bertz CT molecular complexity index is 145. The fourth-order valence-electron chi connectivity index (χ4n) is 1.41. The van der Waals surface area contributed by atoms with Crippen LogP contribution in [0, 0.1) is 0 Å². The topological polar surface area (TPSA) is 62.5 Å². The zero-order valence-corrected chi connectivity index (χ0v) is 7.88. The molecule has 0 amide bonds. The molecule has 11 heavy (non-hydrogen) atoms. The first-order valence-electron chi connectivity index (χ1n) is 3.52. The second-order valence-electron chi connectivity index (χ2n) is 2.86. The third kappa shape index (κ3) is 1.19. The lowest BCUT2D eigenvalue weighted by Crippen LogP contribution is -2.51. The summed E-state index contributed by atoms with van der Waals surface area (Å²) in [7, 11) is 0. The first-order chi connectivity index (χ1) is 5.20. The zero-order chi connectivity index (χ0) is 8.01. The van der Waals surface area contributed by atoms with Crippen molar-refractivity contribution in [2.24, 2.45) is 0 Å². The van der Waals surface area contributed by atoms with Crippen LogP contribution in [0.1, 0.15) is 0 Å². The molecule has 3 N–H and O–H groups in total. The predicted octanol–water partition coefficient (Wildman–Crippen LogP) is -1.22. The molecule has 64 valence electrons. The molecule has 2 saturated heterocycles. The maximum Gasteiger partial charge on any atom is 0.280 e. The van der Waals surface area contributed by atoms with E-state index in [2.05, 4.69) is 27.3 Å². The van der Waals surface area contributed by atoms with Crippen molar-refractivity contribution in [3.63, 3.8) is 0 Å². The first kappa shape index (κ1) is 8.18. The summed E-state index contributed by atoms with van der Waals surface area (Å²) < 4.78 is 9.33. The van der Waals surface area contributed by atoms with E-state index in [0.717, 1.165) is 0 Å². The van der Waals surface area contributed by atoms with Crippen LogP contribution in [0.15, 0.2) is 0 Å². The van der Waals surface area contributed by atoms with Crippen molar-refractivity contribution in [1.82, 2.24) is 0 Å². The molecule has 2 aliphatic rings. The second kappa shape index (κ2) is 2.81.